The molecule has 1 unspecified atom stereocenters. The van der Waals surface area contributed by atoms with Crippen LogP contribution in [-0.4, -0.2) is 13.2 Å². The van der Waals surface area contributed by atoms with Crippen molar-refractivity contribution in [3.63, 3.8) is 0 Å². The first-order valence-corrected chi connectivity index (χ1v) is 5.71. The van der Waals surface area contributed by atoms with Gasteiger partial charge >= 0.3 is 0 Å². The predicted molar refractivity (Wildman–Crippen MR) is 61.7 cm³/mol. The Morgan fingerprint density at radius 2 is 2.07 bits per heavy atom. The van der Waals surface area contributed by atoms with Crippen LogP contribution in [-0.2, 0) is 16.7 Å². The van der Waals surface area contributed by atoms with Crippen molar-refractivity contribution in [2.45, 2.75) is 31.7 Å². The fourth-order valence-corrected chi connectivity index (χ4v) is 2.12. The maximum Gasteiger partial charge on any atom is 0.0688 e. The Morgan fingerprint density at radius 1 is 1.33 bits per heavy atom. The van der Waals surface area contributed by atoms with Crippen LogP contribution in [0.3, 0.4) is 0 Å². The lowest BCUT2D eigenvalue weighted by atomic mass is 9.85. The third kappa shape index (κ3) is 2.21. The summed E-state index contributed by atoms with van der Waals surface area (Å²) >= 11 is 0. The van der Waals surface area contributed by atoms with Gasteiger partial charge in [0.25, 0.3) is 0 Å². The van der Waals surface area contributed by atoms with E-state index in [-0.39, 0.29) is 5.54 Å². The van der Waals surface area contributed by atoms with Crippen molar-refractivity contribution in [2.75, 3.05) is 13.2 Å². The van der Waals surface area contributed by atoms with E-state index in [0.717, 1.165) is 25.9 Å². The topological polar surface area (TPSA) is 35.2 Å². The Kier molecular flexibility index (Phi) is 3.08. The average molecular weight is 205 g/mol. The first-order chi connectivity index (χ1) is 7.24. The Bertz CT molecular complexity index is 312. The van der Waals surface area contributed by atoms with Crippen molar-refractivity contribution in [3.8, 4) is 0 Å². The second-order valence-corrected chi connectivity index (χ2v) is 4.36. The zero-order chi connectivity index (χ0) is 10.7. The third-order valence-corrected chi connectivity index (χ3v) is 3.21. The molecular weight excluding hydrogens is 186 g/mol. The van der Waals surface area contributed by atoms with Crippen LogP contribution in [0.15, 0.2) is 24.3 Å². The summed E-state index contributed by atoms with van der Waals surface area (Å²) in [5.41, 5.74) is 8.66. The predicted octanol–water partition coefficient (Wildman–Crippen LogP) is 2.21. The summed E-state index contributed by atoms with van der Waals surface area (Å²) in [6.45, 7) is 3.67. The first kappa shape index (κ1) is 10.7. The molecule has 1 heterocycles. The summed E-state index contributed by atoms with van der Waals surface area (Å²) in [6.07, 6.45) is 3.17. The lowest BCUT2D eigenvalue weighted by molar-refractivity contribution is 0.0367. The SMILES string of the molecule is CCc1ccc(C2(N)CCCOC2)cc1. The van der Waals surface area contributed by atoms with E-state index in [1.807, 2.05) is 0 Å². The third-order valence-electron chi connectivity index (χ3n) is 3.21. The molecule has 0 bridgehead atoms. The number of hydrogen-bond acceptors (Lipinski definition) is 2. The van der Waals surface area contributed by atoms with Gasteiger partial charge in [0.05, 0.1) is 12.1 Å². The molecule has 0 saturated carbocycles. The molecular formula is C13H19NO. The highest BCUT2D eigenvalue weighted by Gasteiger charge is 2.29. The monoisotopic (exact) mass is 205 g/mol. The van der Waals surface area contributed by atoms with Gasteiger partial charge in [-0.2, -0.15) is 0 Å². The van der Waals surface area contributed by atoms with Gasteiger partial charge in [-0.05, 0) is 30.4 Å². The van der Waals surface area contributed by atoms with Gasteiger partial charge in [0.1, 0.15) is 0 Å². The fourth-order valence-electron chi connectivity index (χ4n) is 2.12. The number of aryl methyl sites for hydroxylation is 1. The summed E-state index contributed by atoms with van der Waals surface area (Å²) in [5.74, 6) is 0. The van der Waals surface area contributed by atoms with Gasteiger partial charge in [0.2, 0.25) is 0 Å². The molecule has 1 aromatic rings. The van der Waals surface area contributed by atoms with Crippen molar-refractivity contribution in [3.05, 3.63) is 35.4 Å². The van der Waals surface area contributed by atoms with Crippen LogP contribution in [0.2, 0.25) is 0 Å². The Hall–Kier alpha value is -0.860. The van der Waals surface area contributed by atoms with E-state index in [2.05, 4.69) is 31.2 Å². The van der Waals surface area contributed by atoms with Crippen LogP contribution >= 0.6 is 0 Å². The molecule has 1 aromatic carbocycles. The number of hydrogen-bond donors (Lipinski definition) is 1. The van der Waals surface area contributed by atoms with E-state index in [9.17, 15) is 0 Å². The highest BCUT2D eigenvalue weighted by Crippen LogP contribution is 2.27. The number of rotatable bonds is 2. The standard InChI is InChI=1S/C13H19NO/c1-2-11-4-6-12(7-5-11)13(14)8-3-9-15-10-13/h4-7H,2-3,8-10,14H2,1H3. The van der Waals surface area contributed by atoms with Gasteiger partial charge < -0.3 is 10.5 Å². The molecule has 1 aliphatic heterocycles. The Labute approximate surface area is 91.4 Å². The van der Waals surface area contributed by atoms with Gasteiger partial charge in [-0.3, -0.25) is 0 Å². The lowest BCUT2D eigenvalue weighted by Crippen LogP contribution is -2.44. The summed E-state index contributed by atoms with van der Waals surface area (Å²) in [5, 5.41) is 0. The van der Waals surface area contributed by atoms with E-state index in [1.54, 1.807) is 0 Å². The normalized spacial score (nSPS) is 26.5. The molecule has 2 rings (SSSR count). The molecule has 2 heteroatoms. The fraction of sp³-hybridized carbons (Fsp3) is 0.538. The van der Waals surface area contributed by atoms with E-state index >= 15 is 0 Å². The molecule has 1 saturated heterocycles. The quantitative estimate of drug-likeness (QED) is 0.803. The summed E-state index contributed by atoms with van der Waals surface area (Å²) in [6, 6.07) is 8.62. The van der Waals surface area contributed by atoms with Gasteiger partial charge in [-0.1, -0.05) is 31.2 Å². The van der Waals surface area contributed by atoms with Crippen molar-refractivity contribution < 1.29 is 4.74 Å². The minimum Gasteiger partial charge on any atom is -0.379 e. The highest BCUT2D eigenvalue weighted by molar-refractivity contribution is 5.28. The lowest BCUT2D eigenvalue weighted by Gasteiger charge is -2.33. The molecule has 1 atom stereocenters. The van der Waals surface area contributed by atoms with E-state index in [1.165, 1.54) is 11.1 Å². The largest absolute Gasteiger partial charge is 0.379 e. The minimum absolute atomic E-state index is 0.259. The molecule has 0 aromatic heterocycles. The van der Waals surface area contributed by atoms with Crippen molar-refractivity contribution in [1.82, 2.24) is 0 Å². The molecule has 0 amide bonds. The zero-order valence-electron chi connectivity index (χ0n) is 9.33. The van der Waals surface area contributed by atoms with Crippen molar-refractivity contribution >= 4 is 0 Å². The van der Waals surface area contributed by atoms with Crippen LogP contribution in [0, 0.1) is 0 Å². The Balaban J connectivity index is 2.20. The van der Waals surface area contributed by atoms with Gasteiger partial charge in [0.15, 0.2) is 0 Å². The van der Waals surface area contributed by atoms with Crippen LogP contribution in [0.1, 0.15) is 30.9 Å². The smallest absolute Gasteiger partial charge is 0.0688 e. The van der Waals surface area contributed by atoms with E-state index in [0.29, 0.717) is 6.61 Å². The van der Waals surface area contributed by atoms with Crippen molar-refractivity contribution in [2.24, 2.45) is 5.73 Å². The maximum absolute atomic E-state index is 6.35. The second kappa shape index (κ2) is 4.33. The minimum atomic E-state index is -0.259. The van der Waals surface area contributed by atoms with Gasteiger partial charge in [0, 0.05) is 6.61 Å². The van der Waals surface area contributed by atoms with E-state index in [4.69, 9.17) is 10.5 Å². The van der Waals surface area contributed by atoms with E-state index < -0.39 is 0 Å². The average Bonchev–Trinajstić information content (AvgIpc) is 2.30. The first-order valence-electron chi connectivity index (χ1n) is 5.71. The molecule has 0 radical (unpaired) electrons. The summed E-state index contributed by atoms with van der Waals surface area (Å²) in [7, 11) is 0. The maximum atomic E-state index is 6.35. The number of benzene rings is 1. The van der Waals surface area contributed by atoms with Crippen LogP contribution < -0.4 is 5.73 Å². The Morgan fingerprint density at radius 3 is 2.60 bits per heavy atom. The molecule has 15 heavy (non-hydrogen) atoms. The van der Waals surface area contributed by atoms with Crippen LogP contribution in [0.25, 0.3) is 0 Å². The van der Waals surface area contributed by atoms with Gasteiger partial charge in [-0.25, -0.2) is 0 Å². The number of nitrogens with two attached hydrogens (primary N) is 1. The van der Waals surface area contributed by atoms with Gasteiger partial charge in [-0.15, -0.1) is 0 Å². The molecule has 1 fully saturated rings. The zero-order valence-corrected chi connectivity index (χ0v) is 9.33. The summed E-state index contributed by atoms with van der Waals surface area (Å²) < 4.78 is 5.47. The van der Waals surface area contributed by atoms with Crippen molar-refractivity contribution in [1.29, 1.82) is 0 Å². The van der Waals surface area contributed by atoms with Crippen LogP contribution in [0.5, 0.6) is 0 Å². The molecule has 0 spiro atoms. The molecule has 2 nitrogen and oxygen atoms in total. The molecule has 82 valence electrons. The number of ether oxygens (including phenoxy) is 1. The molecule has 0 aliphatic carbocycles. The summed E-state index contributed by atoms with van der Waals surface area (Å²) in [4.78, 5) is 0. The molecule has 2 N–H and O–H groups in total. The molecule has 1 aliphatic rings. The highest BCUT2D eigenvalue weighted by atomic mass is 16.5. The van der Waals surface area contributed by atoms with Crippen LogP contribution in [0.4, 0.5) is 0 Å². The second-order valence-electron chi connectivity index (χ2n) is 4.36.